The van der Waals surface area contributed by atoms with Crippen LogP contribution in [0, 0.1) is 0 Å². The van der Waals surface area contributed by atoms with Crippen LogP contribution in [0.1, 0.15) is 10.8 Å². The summed E-state index contributed by atoms with van der Waals surface area (Å²) in [5.74, 6) is 0.0718. The van der Waals surface area contributed by atoms with Crippen molar-refractivity contribution in [3.8, 4) is 0 Å². The Hall–Kier alpha value is -1.93. The highest BCUT2D eigenvalue weighted by atomic mass is 32.2. The van der Waals surface area contributed by atoms with Crippen molar-refractivity contribution in [1.82, 2.24) is 25.1 Å². The van der Waals surface area contributed by atoms with Crippen LogP contribution in [0.3, 0.4) is 0 Å². The molecule has 0 radical (unpaired) electrons. The second kappa shape index (κ2) is 6.89. The Morgan fingerprint density at radius 1 is 1.27 bits per heavy atom. The second-order valence-corrected chi connectivity index (χ2v) is 6.00. The predicted molar refractivity (Wildman–Crippen MR) is 81.2 cm³/mol. The summed E-state index contributed by atoms with van der Waals surface area (Å²) in [6.07, 6.45) is 0. The van der Waals surface area contributed by atoms with Gasteiger partial charge in [0.2, 0.25) is 11.1 Å². The molecule has 0 aliphatic carbocycles. The van der Waals surface area contributed by atoms with E-state index in [9.17, 15) is 4.79 Å². The van der Waals surface area contributed by atoms with Crippen molar-refractivity contribution in [2.45, 2.75) is 10.4 Å². The number of amides is 1. The maximum Gasteiger partial charge on any atom is 0.240 e. The lowest BCUT2D eigenvalue weighted by Crippen LogP contribution is -2.42. The van der Waals surface area contributed by atoms with Crippen molar-refractivity contribution in [2.24, 2.45) is 7.05 Å². The smallest absolute Gasteiger partial charge is 0.240 e. The Labute approximate surface area is 132 Å². The van der Waals surface area contributed by atoms with Crippen LogP contribution in [-0.4, -0.2) is 57.3 Å². The van der Waals surface area contributed by atoms with Crippen LogP contribution >= 0.6 is 11.8 Å². The molecule has 3 rings (SSSR count). The number of thioether (sulfide) groups is 1. The van der Waals surface area contributed by atoms with Crippen molar-refractivity contribution in [2.75, 3.05) is 26.3 Å². The van der Waals surface area contributed by atoms with Crippen LogP contribution in [-0.2, 0) is 16.6 Å². The standard InChI is InChI=1S/C14H17N5O2S/c1-18-14(15-16-17-18)22-12(11-5-3-2-4-6-11)13(20)19-7-9-21-10-8-19/h2-6,12H,7-10H2,1H3. The van der Waals surface area contributed by atoms with Crippen molar-refractivity contribution in [1.29, 1.82) is 0 Å². The summed E-state index contributed by atoms with van der Waals surface area (Å²) in [5.41, 5.74) is 0.951. The van der Waals surface area contributed by atoms with Gasteiger partial charge in [0, 0.05) is 20.1 Å². The molecule has 1 aromatic heterocycles. The van der Waals surface area contributed by atoms with Crippen LogP contribution in [0.2, 0.25) is 0 Å². The van der Waals surface area contributed by atoms with Gasteiger partial charge in [0.1, 0.15) is 5.25 Å². The van der Waals surface area contributed by atoms with Gasteiger partial charge in [-0.15, -0.1) is 5.10 Å². The van der Waals surface area contributed by atoms with E-state index in [1.807, 2.05) is 35.2 Å². The Morgan fingerprint density at radius 2 is 2.00 bits per heavy atom. The number of hydrogen-bond acceptors (Lipinski definition) is 6. The largest absolute Gasteiger partial charge is 0.378 e. The average Bonchev–Trinajstić information content (AvgIpc) is 2.98. The van der Waals surface area contributed by atoms with E-state index >= 15 is 0 Å². The third-order valence-corrected chi connectivity index (χ3v) is 4.72. The number of rotatable bonds is 4. The minimum Gasteiger partial charge on any atom is -0.378 e. The molecule has 1 aliphatic rings. The van der Waals surface area contributed by atoms with Crippen LogP contribution in [0.5, 0.6) is 0 Å². The molecule has 0 saturated carbocycles. The average molecular weight is 319 g/mol. The molecule has 1 atom stereocenters. The van der Waals surface area contributed by atoms with Crippen LogP contribution in [0.25, 0.3) is 0 Å². The number of morpholine rings is 1. The zero-order valence-corrected chi connectivity index (χ0v) is 13.1. The number of carbonyl (C=O) groups is 1. The van der Waals surface area contributed by atoms with E-state index in [-0.39, 0.29) is 11.2 Å². The highest BCUT2D eigenvalue weighted by molar-refractivity contribution is 8.00. The Kier molecular flexibility index (Phi) is 4.69. The van der Waals surface area contributed by atoms with Gasteiger partial charge >= 0.3 is 0 Å². The van der Waals surface area contributed by atoms with E-state index in [0.29, 0.717) is 31.5 Å². The molecule has 2 heterocycles. The van der Waals surface area contributed by atoms with Crippen molar-refractivity contribution >= 4 is 17.7 Å². The van der Waals surface area contributed by atoms with Gasteiger partial charge < -0.3 is 9.64 Å². The SMILES string of the molecule is Cn1nnnc1SC(C(=O)N1CCOCC1)c1ccccc1. The monoisotopic (exact) mass is 319 g/mol. The van der Waals surface area contributed by atoms with Crippen molar-refractivity contribution in [3.05, 3.63) is 35.9 Å². The number of benzene rings is 1. The molecule has 1 saturated heterocycles. The topological polar surface area (TPSA) is 73.1 Å². The maximum atomic E-state index is 12.9. The minimum atomic E-state index is -0.357. The summed E-state index contributed by atoms with van der Waals surface area (Å²) >= 11 is 1.37. The highest BCUT2D eigenvalue weighted by Gasteiger charge is 2.29. The first-order valence-electron chi connectivity index (χ1n) is 7.06. The molecule has 22 heavy (non-hydrogen) atoms. The van der Waals surface area contributed by atoms with Gasteiger partial charge in [-0.3, -0.25) is 4.79 Å². The molecule has 1 fully saturated rings. The molecular weight excluding hydrogens is 302 g/mol. The van der Waals surface area contributed by atoms with Gasteiger partial charge in [-0.2, -0.15) is 0 Å². The van der Waals surface area contributed by atoms with Gasteiger partial charge in [0.15, 0.2) is 0 Å². The Bertz CT molecular complexity index is 627. The van der Waals surface area contributed by atoms with Gasteiger partial charge in [0.05, 0.1) is 13.2 Å². The predicted octanol–water partition coefficient (Wildman–Crippen LogP) is 0.902. The first-order valence-corrected chi connectivity index (χ1v) is 7.94. The molecule has 116 valence electrons. The maximum absolute atomic E-state index is 12.9. The molecule has 2 aromatic rings. The fraction of sp³-hybridized carbons (Fsp3) is 0.429. The van der Waals surface area contributed by atoms with Crippen molar-refractivity contribution in [3.63, 3.8) is 0 Å². The molecule has 1 aromatic carbocycles. The van der Waals surface area contributed by atoms with E-state index in [1.54, 1.807) is 11.7 Å². The quantitative estimate of drug-likeness (QED) is 0.780. The van der Waals surface area contributed by atoms with E-state index in [4.69, 9.17) is 4.74 Å². The summed E-state index contributed by atoms with van der Waals surface area (Å²) in [4.78, 5) is 14.8. The normalized spacial score (nSPS) is 16.5. The summed E-state index contributed by atoms with van der Waals surface area (Å²) < 4.78 is 6.90. The first kappa shape index (κ1) is 15.0. The third kappa shape index (κ3) is 3.28. The van der Waals surface area contributed by atoms with Crippen LogP contribution in [0.15, 0.2) is 35.5 Å². The molecule has 7 nitrogen and oxygen atoms in total. The van der Waals surface area contributed by atoms with Gasteiger partial charge in [-0.1, -0.05) is 42.1 Å². The molecule has 0 N–H and O–H groups in total. The van der Waals surface area contributed by atoms with Gasteiger partial charge in [-0.05, 0) is 16.0 Å². The van der Waals surface area contributed by atoms with Crippen LogP contribution in [0.4, 0.5) is 0 Å². The highest BCUT2D eigenvalue weighted by Crippen LogP contribution is 2.35. The summed E-state index contributed by atoms with van der Waals surface area (Å²) in [5, 5.41) is 11.7. The zero-order chi connectivity index (χ0) is 15.4. The van der Waals surface area contributed by atoms with E-state index in [2.05, 4.69) is 15.5 Å². The minimum absolute atomic E-state index is 0.0718. The second-order valence-electron chi connectivity index (χ2n) is 4.93. The Balaban J connectivity index is 1.85. The zero-order valence-electron chi connectivity index (χ0n) is 12.3. The number of tetrazole rings is 1. The van der Waals surface area contributed by atoms with E-state index in [1.165, 1.54) is 11.8 Å². The van der Waals surface area contributed by atoms with Crippen molar-refractivity contribution < 1.29 is 9.53 Å². The summed E-state index contributed by atoms with van der Waals surface area (Å²) in [6, 6.07) is 9.72. The molecule has 1 unspecified atom stereocenters. The lowest BCUT2D eigenvalue weighted by Gasteiger charge is -2.30. The fourth-order valence-electron chi connectivity index (χ4n) is 2.26. The number of aromatic nitrogens is 4. The van der Waals surface area contributed by atoms with Gasteiger partial charge in [0.25, 0.3) is 0 Å². The first-order chi connectivity index (χ1) is 10.8. The van der Waals surface area contributed by atoms with Crippen LogP contribution < -0.4 is 0 Å². The molecule has 8 heteroatoms. The molecule has 1 amide bonds. The third-order valence-electron chi connectivity index (χ3n) is 3.45. The number of nitrogens with zero attached hydrogens (tertiary/aromatic N) is 5. The summed E-state index contributed by atoms with van der Waals surface area (Å²) in [7, 11) is 1.77. The Morgan fingerprint density at radius 3 is 2.64 bits per heavy atom. The van der Waals surface area contributed by atoms with Gasteiger partial charge in [-0.25, -0.2) is 4.68 Å². The lowest BCUT2D eigenvalue weighted by atomic mass is 10.1. The number of carbonyl (C=O) groups excluding carboxylic acids is 1. The number of ether oxygens (including phenoxy) is 1. The molecular formula is C14H17N5O2S. The number of hydrogen-bond donors (Lipinski definition) is 0. The molecule has 0 bridgehead atoms. The fourth-order valence-corrected chi connectivity index (χ4v) is 3.29. The van der Waals surface area contributed by atoms with E-state index in [0.717, 1.165) is 5.56 Å². The summed E-state index contributed by atoms with van der Waals surface area (Å²) in [6.45, 7) is 2.42. The lowest BCUT2D eigenvalue weighted by molar-refractivity contribution is -0.134. The molecule has 1 aliphatic heterocycles. The number of aryl methyl sites for hydroxylation is 1. The van der Waals surface area contributed by atoms with E-state index < -0.39 is 0 Å². The molecule has 0 spiro atoms.